The van der Waals surface area contributed by atoms with Gasteiger partial charge in [0.25, 0.3) is 0 Å². The first-order valence-corrected chi connectivity index (χ1v) is 8.55. The Morgan fingerprint density at radius 3 is 2.96 bits per heavy atom. The summed E-state index contributed by atoms with van der Waals surface area (Å²) in [5.41, 5.74) is 2.20. The second-order valence-corrected chi connectivity index (χ2v) is 6.45. The van der Waals surface area contributed by atoms with E-state index in [9.17, 15) is 9.90 Å². The van der Waals surface area contributed by atoms with Crippen molar-refractivity contribution in [3.05, 3.63) is 23.8 Å². The van der Waals surface area contributed by atoms with Crippen LogP contribution in [0.3, 0.4) is 0 Å². The predicted octanol–water partition coefficient (Wildman–Crippen LogP) is 1.82. The first-order valence-electron chi connectivity index (χ1n) is 8.55. The topological polar surface area (TPSA) is 53.0 Å². The van der Waals surface area contributed by atoms with Crippen LogP contribution in [0.25, 0.3) is 0 Å². The number of aliphatic hydroxyl groups is 1. The van der Waals surface area contributed by atoms with Gasteiger partial charge in [-0.05, 0) is 56.0 Å². The number of benzene rings is 1. The molecule has 1 amide bonds. The number of fused-ring (bicyclic) bond motifs is 1. The maximum absolute atomic E-state index is 12.8. The lowest BCUT2D eigenvalue weighted by Crippen LogP contribution is -2.49. The minimum absolute atomic E-state index is 0.132. The van der Waals surface area contributed by atoms with E-state index in [0.717, 1.165) is 56.6 Å². The lowest BCUT2D eigenvalue weighted by Gasteiger charge is -2.36. The molecule has 1 saturated heterocycles. The average Bonchev–Trinajstić information content (AvgIpc) is 2.61. The second kappa shape index (κ2) is 7.32. The molecule has 0 aliphatic carbocycles. The molecule has 0 radical (unpaired) electrons. The summed E-state index contributed by atoms with van der Waals surface area (Å²) >= 11 is 0. The zero-order valence-electron chi connectivity index (χ0n) is 13.8. The smallest absolute Gasteiger partial charge is 0.241 e. The highest BCUT2D eigenvalue weighted by Gasteiger charge is 2.28. The molecule has 0 bridgehead atoms. The molecule has 126 valence electrons. The Labute approximate surface area is 137 Å². The summed E-state index contributed by atoms with van der Waals surface area (Å²) in [6.07, 6.45) is 5.20. The van der Waals surface area contributed by atoms with E-state index in [1.807, 2.05) is 23.1 Å². The van der Waals surface area contributed by atoms with Crippen LogP contribution in [0.4, 0.5) is 5.69 Å². The third-order valence-corrected chi connectivity index (χ3v) is 5.00. The number of hydrogen-bond acceptors (Lipinski definition) is 4. The number of aliphatic hydroxyl groups excluding tert-OH is 1. The fourth-order valence-electron chi connectivity index (χ4n) is 3.69. The van der Waals surface area contributed by atoms with Gasteiger partial charge in [-0.1, -0.05) is 6.42 Å². The van der Waals surface area contributed by atoms with Crippen molar-refractivity contribution in [1.82, 2.24) is 4.90 Å². The molecule has 3 rings (SSSR count). The van der Waals surface area contributed by atoms with Crippen molar-refractivity contribution in [1.29, 1.82) is 0 Å². The molecule has 2 aliphatic rings. The van der Waals surface area contributed by atoms with Crippen LogP contribution >= 0.6 is 0 Å². The molecule has 1 aromatic carbocycles. The molecular weight excluding hydrogens is 292 g/mol. The molecule has 0 aromatic heterocycles. The van der Waals surface area contributed by atoms with Crippen molar-refractivity contribution in [2.45, 2.75) is 38.1 Å². The predicted molar refractivity (Wildman–Crippen MR) is 90.0 cm³/mol. The maximum atomic E-state index is 12.8. The zero-order valence-corrected chi connectivity index (χ0v) is 13.8. The molecule has 1 fully saturated rings. The molecule has 0 spiro atoms. The van der Waals surface area contributed by atoms with E-state index >= 15 is 0 Å². The highest BCUT2D eigenvalue weighted by Crippen LogP contribution is 2.31. The summed E-state index contributed by atoms with van der Waals surface area (Å²) in [6.45, 7) is 2.22. The minimum atomic E-state index is 0.132. The van der Waals surface area contributed by atoms with Gasteiger partial charge in [-0.3, -0.25) is 9.69 Å². The van der Waals surface area contributed by atoms with Gasteiger partial charge in [-0.2, -0.15) is 0 Å². The van der Waals surface area contributed by atoms with Gasteiger partial charge in [-0.25, -0.2) is 0 Å². The molecule has 2 aliphatic heterocycles. The SMILES string of the molecule is COc1ccc2c(c1)CCCN2C(=O)CN1CCCC[C@@H]1CO. The van der Waals surface area contributed by atoms with E-state index in [4.69, 9.17) is 4.74 Å². The van der Waals surface area contributed by atoms with Crippen molar-refractivity contribution in [2.24, 2.45) is 0 Å². The normalized spacial score (nSPS) is 21.8. The Morgan fingerprint density at radius 2 is 2.17 bits per heavy atom. The third-order valence-electron chi connectivity index (χ3n) is 5.00. The number of nitrogens with zero attached hydrogens (tertiary/aromatic N) is 2. The quantitative estimate of drug-likeness (QED) is 0.920. The van der Waals surface area contributed by atoms with Crippen molar-refractivity contribution >= 4 is 11.6 Å². The Morgan fingerprint density at radius 1 is 1.30 bits per heavy atom. The summed E-state index contributed by atoms with van der Waals surface area (Å²) in [5.74, 6) is 0.978. The average molecular weight is 318 g/mol. The van der Waals surface area contributed by atoms with Crippen LogP contribution in [0.1, 0.15) is 31.2 Å². The lowest BCUT2D eigenvalue weighted by molar-refractivity contribution is -0.121. The molecule has 1 aromatic rings. The largest absolute Gasteiger partial charge is 0.497 e. The Kier molecular flexibility index (Phi) is 5.18. The summed E-state index contributed by atoms with van der Waals surface area (Å²) in [6, 6.07) is 6.08. The monoisotopic (exact) mass is 318 g/mol. The van der Waals surface area contributed by atoms with E-state index in [-0.39, 0.29) is 18.6 Å². The Balaban J connectivity index is 1.73. The van der Waals surface area contributed by atoms with Crippen LogP contribution in [0.15, 0.2) is 18.2 Å². The standard InChI is InChI=1S/C18H26N2O3/c1-23-16-7-8-17-14(11-16)5-4-10-20(17)18(22)12-19-9-3-2-6-15(19)13-21/h7-8,11,15,21H,2-6,9-10,12-13H2,1H3/t15-/m1/s1. The molecule has 0 unspecified atom stereocenters. The lowest BCUT2D eigenvalue weighted by atomic mass is 10.0. The van der Waals surface area contributed by atoms with Crippen LogP contribution in [-0.2, 0) is 11.2 Å². The van der Waals surface area contributed by atoms with Gasteiger partial charge in [0.15, 0.2) is 0 Å². The number of rotatable bonds is 4. The molecule has 23 heavy (non-hydrogen) atoms. The van der Waals surface area contributed by atoms with Crippen LogP contribution in [0, 0.1) is 0 Å². The number of likely N-dealkylation sites (tertiary alicyclic amines) is 1. The van der Waals surface area contributed by atoms with Crippen molar-refractivity contribution in [3.8, 4) is 5.75 Å². The van der Waals surface area contributed by atoms with Crippen LogP contribution in [0.2, 0.25) is 0 Å². The number of piperidine rings is 1. The number of aryl methyl sites for hydroxylation is 1. The van der Waals surface area contributed by atoms with Gasteiger partial charge in [-0.15, -0.1) is 0 Å². The molecule has 2 heterocycles. The van der Waals surface area contributed by atoms with Crippen molar-refractivity contribution < 1.29 is 14.6 Å². The number of carbonyl (C=O) groups excluding carboxylic acids is 1. The Bertz CT molecular complexity index is 561. The molecule has 1 atom stereocenters. The van der Waals surface area contributed by atoms with Gasteiger partial charge in [0.2, 0.25) is 5.91 Å². The van der Waals surface area contributed by atoms with E-state index in [1.165, 1.54) is 5.56 Å². The van der Waals surface area contributed by atoms with Crippen molar-refractivity contribution in [3.63, 3.8) is 0 Å². The van der Waals surface area contributed by atoms with E-state index in [1.54, 1.807) is 7.11 Å². The molecule has 0 saturated carbocycles. The summed E-state index contributed by atoms with van der Waals surface area (Å²) in [4.78, 5) is 16.9. The van der Waals surface area contributed by atoms with E-state index < -0.39 is 0 Å². The van der Waals surface area contributed by atoms with Crippen LogP contribution in [0.5, 0.6) is 5.75 Å². The second-order valence-electron chi connectivity index (χ2n) is 6.45. The maximum Gasteiger partial charge on any atom is 0.241 e. The summed E-state index contributed by atoms with van der Waals surface area (Å²) < 4.78 is 5.29. The molecular formula is C18H26N2O3. The molecule has 5 nitrogen and oxygen atoms in total. The van der Waals surface area contributed by atoms with Gasteiger partial charge in [0.1, 0.15) is 5.75 Å². The van der Waals surface area contributed by atoms with Crippen LogP contribution < -0.4 is 9.64 Å². The zero-order chi connectivity index (χ0) is 16.2. The van der Waals surface area contributed by atoms with Gasteiger partial charge < -0.3 is 14.7 Å². The molecule has 5 heteroatoms. The third kappa shape index (κ3) is 3.51. The summed E-state index contributed by atoms with van der Waals surface area (Å²) in [7, 11) is 1.67. The number of carbonyl (C=O) groups is 1. The number of anilines is 1. The minimum Gasteiger partial charge on any atom is -0.497 e. The van der Waals surface area contributed by atoms with Gasteiger partial charge in [0, 0.05) is 18.3 Å². The fourth-order valence-corrected chi connectivity index (χ4v) is 3.69. The molecule has 1 N–H and O–H groups in total. The van der Waals surface area contributed by atoms with Gasteiger partial charge >= 0.3 is 0 Å². The van der Waals surface area contributed by atoms with Crippen molar-refractivity contribution in [2.75, 3.05) is 38.3 Å². The van der Waals surface area contributed by atoms with E-state index in [2.05, 4.69) is 4.90 Å². The highest BCUT2D eigenvalue weighted by molar-refractivity contribution is 5.96. The Hall–Kier alpha value is -1.59. The van der Waals surface area contributed by atoms with Crippen LogP contribution in [-0.4, -0.2) is 55.3 Å². The van der Waals surface area contributed by atoms with Gasteiger partial charge in [0.05, 0.1) is 20.3 Å². The number of hydrogen-bond donors (Lipinski definition) is 1. The first-order chi connectivity index (χ1) is 11.2. The first kappa shape index (κ1) is 16.3. The van der Waals surface area contributed by atoms with E-state index in [0.29, 0.717) is 6.54 Å². The summed E-state index contributed by atoms with van der Waals surface area (Å²) in [5, 5.41) is 9.52. The number of ether oxygens (including phenoxy) is 1. The highest BCUT2D eigenvalue weighted by atomic mass is 16.5. The number of methoxy groups -OCH3 is 1. The fraction of sp³-hybridized carbons (Fsp3) is 0.611. The number of amides is 1.